The quantitative estimate of drug-likeness (QED) is 0.410. The van der Waals surface area contributed by atoms with E-state index in [0.29, 0.717) is 16.7 Å². The van der Waals surface area contributed by atoms with Crippen LogP contribution in [0.5, 0.6) is 0 Å². The first-order valence-electron chi connectivity index (χ1n) is 8.58. The smallest absolute Gasteiger partial charge is 0.191 e. The van der Waals surface area contributed by atoms with Gasteiger partial charge in [0.1, 0.15) is 5.82 Å². The van der Waals surface area contributed by atoms with Crippen LogP contribution in [0.15, 0.2) is 34.8 Å². The highest BCUT2D eigenvalue weighted by molar-refractivity contribution is 7.98. The molecule has 0 unspecified atom stereocenters. The fourth-order valence-corrected chi connectivity index (χ4v) is 4.77. The summed E-state index contributed by atoms with van der Waals surface area (Å²) in [6.07, 6.45) is 0.997. The summed E-state index contributed by atoms with van der Waals surface area (Å²) >= 11 is 9.47. The number of halogens is 2. The molecular formula is C19H21ClFN3S2. The molecule has 0 atom stereocenters. The Hall–Kier alpha value is -1.37. The van der Waals surface area contributed by atoms with Crippen LogP contribution in [0.1, 0.15) is 43.6 Å². The Morgan fingerprint density at radius 1 is 1.27 bits per heavy atom. The summed E-state index contributed by atoms with van der Waals surface area (Å²) in [6.45, 7) is 7.39. The van der Waals surface area contributed by atoms with Gasteiger partial charge >= 0.3 is 0 Å². The number of aromatic nitrogens is 3. The molecule has 0 aliphatic heterocycles. The number of hydrogen-bond acceptors (Lipinski definition) is 4. The molecule has 0 amide bonds. The van der Waals surface area contributed by atoms with Crippen molar-refractivity contribution in [3.05, 3.63) is 50.9 Å². The third-order valence-electron chi connectivity index (χ3n) is 3.98. The Kier molecular flexibility index (Phi) is 6.37. The molecule has 0 bridgehead atoms. The standard InChI is InChI=1S/C19H21ClFN3S2/c1-4-7-24-18(14-8-17(12(2)3)25-11-14)22-23-19(24)26-10-13-5-6-15(21)9-16(13)20/h5-6,8-9,11-12H,4,7,10H2,1-3H3. The van der Waals surface area contributed by atoms with Gasteiger partial charge in [0, 0.05) is 33.1 Å². The van der Waals surface area contributed by atoms with Crippen LogP contribution in [-0.2, 0) is 12.3 Å². The van der Waals surface area contributed by atoms with Gasteiger partial charge in [0.15, 0.2) is 11.0 Å². The molecule has 0 radical (unpaired) electrons. The molecule has 0 N–H and O–H groups in total. The van der Waals surface area contributed by atoms with E-state index in [1.165, 1.54) is 17.0 Å². The van der Waals surface area contributed by atoms with Gasteiger partial charge in [-0.05, 0) is 36.1 Å². The van der Waals surface area contributed by atoms with E-state index in [1.54, 1.807) is 29.2 Å². The molecule has 0 spiro atoms. The van der Waals surface area contributed by atoms with Crippen LogP contribution in [0, 0.1) is 5.82 Å². The topological polar surface area (TPSA) is 30.7 Å². The average molecular weight is 410 g/mol. The molecule has 3 rings (SSSR count). The van der Waals surface area contributed by atoms with E-state index < -0.39 is 0 Å². The highest BCUT2D eigenvalue weighted by Gasteiger charge is 2.16. The minimum absolute atomic E-state index is 0.321. The molecule has 2 aromatic heterocycles. The summed E-state index contributed by atoms with van der Waals surface area (Å²) in [5, 5.41) is 12.3. The van der Waals surface area contributed by atoms with Crippen molar-refractivity contribution in [1.29, 1.82) is 0 Å². The first kappa shape index (κ1) is 19.4. The number of thioether (sulfide) groups is 1. The lowest BCUT2D eigenvalue weighted by Crippen LogP contribution is -2.01. The minimum atomic E-state index is -0.321. The monoisotopic (exact) mass is 409 g/mol. The summed E-state index contributed by atoms with van der Waals surface area (Å²) in [5.74, 6) is 1.72. The number of thiophene rings is 1. The van der Waals surface area contributed by atoms with Gasteiger partial charge in [-0.15, -0.1) is 21.5 Å². The minimum Gasteiger partial charge on any atom is -0.302 e. The van der Waals surface area contributed by atoms with Gasteiger partial charge < -0.3 is 4.57 Å². The molecule has 3 nitrogen and oxygen atoms in total. The van der Waals surface area contributed by atoms with Gasteiger partial charge in [-0.1, -0.05) is 50.2 Å². The molecule has 0 aliphatic carbocycles. The predicted molar refractivity (Wildman–Crippen MR) is 109 cm³/mol. The highest BCUT2D eigenvalue weighted by Crippen LogP contribution is 2.32. The van der Waals surface area contributed by atoms with Crippen LogP contribution in [0.4, 0.5) is 4.39 Å². The number of hydrogen-bond donors (Lipinski definition) is 0. The number of rotatable bonds is 7. The third-order valence-corrected chi connectivity index (χ3v) is 6.58. The summed E-state index contributed by atoms with van der Waals surface area (Å²) < 4.78 is 15.4. The third kappa shape index (κ3) is 4.30. The number of benzene rings is 1. The zero-order chi connectivity index (χ0) is 18.7. The van der Waals surface area contributed by atoms with E-state index in [2.05, 4.69) is 47.0 Å². The summed E-state index contributed by atoms with van der Waals surface area (Å²) in [6, 6.07) is 6.71. The molecule has 0 aliphatic rings. The van der Waals surface area contributed by atoms with Crippen molar-refractivity contribution < 1.29 is 4.39 Å². The summed E-state index contributed by atoms with van der Waals surface area (Å²) in [5.41, 5.74) is 2.01. The van der Waals surface area contributed by atoms with Gasteiger partial charge in [-0.25, -0.2) is 4.39 Å². The Bertz CT molecular complexity index is 889. The Labute approximate surface area is 166 Å². The second-order valence-electron chi connectivity index (χ2n) is 6.37. The summed E-state index contributed by atoms with van der Waals surface area (Å²) in [7, 11) is 0. The molecule has 3 aromatic rings. The Morgan fingerprint density at radius 2 is 2.08 bits per heavy atom. The maximum absolute atomic E-state index is 13.2. The Morgan fingerprint density at radius 3 is 2.73 bits per heavy atom. The van der Waals surface area contributed by atoms with Crippen LogP contribution in [0.25, 0.3) is 11.4 Å². The van der Waals surface area contributed by atoms with Crippen LogP contribution in [-0.4, -0.2) is 14.8 Å². The lowest BCUT2D eigenvalue weighted by molar-refractivity contribution is 0.625. The summed E-state index contributed by atoms with van der Waals surface area (Å²) in [4.78, 5) is 1.35. The fraction of sp³-hybridized carbons (Fsp3) is 0.368. The maximum atomic E-state index is 13.2. The van der Waals surface area contributed by atoms with E-state index in [4.69, 9.17) is 11.6 Å². The van der Waals surface area contributed by atoms with E-state index in [0.717, 1.165) is 35.1 Å². The van der Waals surface area contributed by atoms with Crippen molar-refractivity contribution in [3.63, 3.8) is 0 Å². The highest BCUT2D eigenvalue weighted by atomic mass is 35.5. The first-order valence-corrected chi connectivity index (χ1v) is 10.8. The molecule has 0 saturated carbocycles. The molecule has 1 aromatic carbocycles. The number of nitrogens with zero attached hydrogens (tertiary/aromatic N) is 3. The van der Waals surface area contributed by atoms with E-state index in [1.807, 2.05) is 0 Å². The van der Waals surface area contributed by atoms with Crippen LogP contribution < -0.4 is 0 Å². The van der Waals surface area contributed by atoms with E-state index in [9.17, 15) is 4.39 Å². The van der Waals surface area contributed by atoms with Gasteiger partial charge in [0.25, 0.3) is 0 Å². The fourth-order valence-electron chi connectivity index (χ4n) is 2.59. The van der Waals surface area contributed by atoms with Crippen molar-refractivity contribution in [2.24, 2.45) is 0 Å². The maximum Gasteiger partial charge on any atom is 0.191 e. The van der Waals surface area contributed by atoms with E-state index >= 15 is 0 Å². The van der Waals surface area contributed by atoms with Gasteiger partial charge in [0.2, 0.25) is 0 Å². The van der Waals surface area contributed by atoms with Crippen molar-refractivity contribution in [2.75, 3.05) is 0 Å². The molecule has 0 fully saturated rings. The van der Waals surface area contributed by atoms with E-state index in [-0.39, 0.29) is 5.82 Å². The van der Waals surface area contributed by atoms with Crippen LogP contribution in [0.2, 0.25) is 5.02 Å². The van der Waals surface area contributed by atoms with Crippen molar-refractivity contribution in [1.82, 2.24) is 14.8 Å². The van der Waals surface area contributed by atoms with Crippen LogP contribution in [0.3, 0.4) is 0 Å². The second kappa shape index (κ2) is 8.55. The van der Waals surface area contributed by atoms with Crippen molar-refractivity contribution >= 4 is 34.7 Å². The zero-order valence-electron chi connectivity index (χ0n) is 15.0. The molecule has 2 heterocycles. The molecule has 7 heteroatoms. The second-order valence-corrected chi connectivity index (χ2v) is 8.67. The van der Waals surface area contributed by atoms with Gasteiger partial charge in [-0.3, -0.25) is 0 Å². The predicted octanol–water partition coefficient (Wildman–Crippen LogP) is 6.62. The molecule has 0 saturated heterocycles. The average Bonchev–Trinajstić information content (AvgIpc) is 3.22. The lowest BCUT2D eigenvalue weighted by atomic mass is 10.1. The van der Waals surface area contributed by atoms with Gasteiger partial charge in [0.05, 0.1) is 0 Å². The molecule has 26 heavy (non-hydrogen) atoms. The zero-order valence-corrected chi connectivity index (χ0v) is 17.4. The normalized spacial score (nSPS) is 11.5. The largest absolute Gasteiger partial charge is 0.302 e. The SMILES string of the molecule is CCCn1c(SCc2ccc(F)cc2Cl)nnc1-c1csc(C(C)C)c1. The Balaban J connectivity index is 1.84. The van der Waals surface area contributed by atoms with Crippen molar-refractivity contribution in [3.8, 4) is 11.4 Å². The van der Waals surface area contributed by atoms with Crippen LogP contribution >= 0.6 is 34.7 Å². The first-order chi connectivity index (χ1) is 12.5. The van der Waals surface area contributed by atoms with Crippen molar-refractivity contribution in [2.45, 2.75) is 50.6 Å². The lowest BCUT2D eigenvalue weighted by Gasteiger charge is -2.09. The molecule has 138 valence electrons. The van der Waals surface area contributed by atoms with Gasteiger partial charge in [-0.2, -0.15) is 0 Å². The molecular weight excluding hydrogens is 389 g/mol.